The van der Waals surface area contributed by atoms with Gasteiger partial charge < -0.3 is 9.55 Å². The van der Waals surface area contributed by atoms with Gasteiger partial charge in [-0.25, -0.2) is 9.97 Å². The van der Waals surface area contributed by atoms with Crippen LogP contribution in [-0.4, -0.2) is 19.5 Å². The average Bonchev–Trinajstić information content (AvgIpc) is 2.68. The standard InChI is InChI=1S/C10H11BrN4S/c1-3-6-8(11)10(16)14-9(13-6)7-4-12-5-15(7)2/h4-5H,3H2,1-2H3,(H,13,14,16). The first-order valence-electron chi connectivity index (χ1n) is 4.89. The van der Waals surface area contributed by atoms with Crippen LogP contribution in [0.15, 0.2) is 17.0 Å². The zero-order chi connectivity index (χ0) is 11.7. The van der Waals surface area contributed by atoms with Crippen LogP contribution in [0.5, 0.6) is 0 Å². The van der Waals surface area contributed by atoms with Crippen molar-refractivity contribution in [1.82, 2.24) is 19.5 Å². The van der Waals surface area contributed by atoms with E-state index in [2.05, 4.69) is 37.8 Å². The summed E-state index contributed by atoms with van der Waals surface area (Å²) in [5.74, 6) is 0.755. The van der Waals surface area contributed by atoms with Crippen LogP contribution < -0.4 is 0 Å². The Bertz CT molecular complexity index is 572. The van der Waals surface area contributed by atoms with E-state index in [1.165, 1.54) is 0 Å². The first kappa shape index (κ1) is 11.5. The fourth-order valence-corrected chi connectivity index (χ4v) is 2.14. The van der Waals surface area contributed by atoms with E-state index in [9.17, 15) is 0 Å². The minimum atomic E-state index is 0.576. The number of nitrogens with zero attached hydrogens (tertiary/aromatic N) is 3. The number of aromatic nitrogens is 4. The zero-order valence-corrected chi connectivity index (χ0v) is 11.4. The second-order valence-electron chi connectivity index (χ2n) is 3.43. The Hall–Kier alpha value is -1.01. The number of aromatic amines is 1. The summed E-state index contributed by atoms with van der Waals surface area (Å²) < 4.78 is 3.35. The average molecular weight is 299 g/mol. The molecular formula is C10H11BrN4S. The van der Waals surface area contributed by atoms with Crippen LogP contribution in [0.1, 0.15) is 12.6 Å². The van der Waals surface area contributed by atoms with Crippen molar-refractivity contribution in [3.05, 3.63) is 27.3 Å². The van der Waals surface area contributed by atoms with Crippen molar-refractivity contribution >= 4 is 28.1 Å². The predicted molar refractivity (Wildman–Crippen MR) is 68.7 cm³/mol. The molecule has 0 atom stereocenters. The molecule has 0 bridgehead atoms. The summed E-state index contributed by atoms with van der Waals surface area (Å²) in [5.41, 5.74) is 1.98. The number of nitrogens with one attached hydrogen (secondary N) is 1. The molecule has 0 aliphatic heterocycles. The van der Waals surface area contributed by atoms with E-state index >= 15 is 0 Å². The first-order valence-corrected chi connectivity index (χ1v) is 6.09. The monoisotopic (exact) mass is 298 g/mol. The van der Waals surface area contributed by atoms with Gasteiger partial charge in [-0.15, -0.1) is 0 Å². The molecular weight excluding hydrogens is 288 g/mol. The van der Waals surface area contributed by atoms with Gasteiger partial charge in [0.1, 0.15) is 10.3 Å². The maximum absolute atomic E-state index is 5.20. The van der Waals surface area contributed by atoms with Crippen molar-refractivity contribution in [3.8, 4) is 11.5 Å². The number of imidazole rings is 1. The second kappa shape index (κ2) is 4.47. The molecule has 2 rings (SSSR count). The Kier molecular flexibility index (Phi) is 3.20. The highest BCUT2D eigenvalue weighted by molar-refractivity contribution is 9.10. The Labute approximate surface area is 107 Å². The fraction of sp³-hybridized carbons (Fsp3) is 0.300. The van der Waals surface area contributed by atoms with Gasteiger partial charge in [-0.05, 0) is 22.4 Å². The molecule has 0 spiro atoms. The van der Waals surface area contributed by atoms with E-state index in [0.29, 0.717) is 4.64 Å². The maximum Gasteiger partial charge on any atom is 0.157 e. The van der Waals surface area contributed by atoms with Crippen LogP contribution in [0.25, 0.3) is 11.5 Å². The van der Waals surface area contributed by atoms with Gasteiger partial charge in [-0.2, -0.15) is 0 Å². The highest BCUT2D eigenvalue weighted by atomic mass is 79.9. The normalized spacial score (nSPS) is 10.7. The van der Waals surface area contributed by atoms with Crippen molar-refractivity contribution in [1.29, 1.82) is 0 Å². The lowest BCUT2D eigenvalue weighted by Gasteiger charge is -2.06. The van der Waals surface area contributed by atoms with E-state index in [0.717, 1.165) is 28.1 Å². The van der Waals surface area contributed by atoms with Crippen LogP contribution in [0, 0.1) is 4.64 Å². The van der Waals surface area contributed by atoms with Gasteiger partial charge in [-0.1, -0.05) is 19.1 Å². The number of halogens is 1. The molecule has 0 saturated heterocycles. The highest BCUT2D eigenvalue weighted by Crippen LogP contribution is 2.20. The lowest BCUT2D eigenvalue weighted by atomic mass is 10.3. The summed E-state index contributed by atoms with van der Waals surface area (Å²) in [4.78, 5) is 11.7. The fourth-order valence-electron chi connectivity index (χ4n) is 1.46. The molecule has 16 heavy (non-hydrogen) atoms. The Balaban J connectivity index is 2.64. The predicted octanol–water partition coefficient (Wildman–Crippen LogP) is 2.86. The maximum atomic E-state index is 5.20. The van der Waals surface area contributed by atoms with Gasteiger partial charge >= 0.3 is 0 Å². The molecule has 0 fully saturated rings. The first-order chi connectivity index (χ1) is 7.63. The molecule has 4 nitrogen and oxygen atoms in total. The van der Waals surface area contributed by atoms with Gasteiger partial charge in [0.05, 0.1) is 17.0 Å². The summed E-state index contributed by atoms with van der Waals surface area (Å²) >= 11 is 8.64. The smallest absolute Gasteiger partial charge is 0.157 e. The summed E-state index contributed by atoms with van der Waals surface area (Å²) in [6.45, 7) is 2.07. The molecule has 0 aliphatic rings. The minimum Gasteiger partial charge on any atom is -0.341 e. The minimum absolute atomic E-state index is 0.576. The Morgan fingerprint density at radius 1 is 1.56 bits per heavy atom. The van der Waals surface area contributed by atoms with Crippen molar-refractivity contribution in [3.63, 3.8) is 0 Å². The molecule has 2 aromatic heterocycles. The second-order valence-corrected chi connectivity index (χ2v) is 4.61. The van der Waals surface area contributed by atoms with Gasteiger partial charge in [-0.3, -0.25) is 0 Å². The quantitative estimate of drug-likeness (QED) is 0.867. The molecule has 0 amide bonds. The molecule has 84 valence electrons. The summed E-state index contributed by atoms with van der Waals surface area (Å²) in [6, 6.07) is 0. The van der Waals surface area contributed by atoms with Crippen LogP contribution in [0.2, 0.25) is 0 Å². The highest BCUT2D eigenvalue weighted by Gasteiger charge is 2.08. The van der Waals surface area contributed by atoms with Crippen LogP contribution in [0.3, 0.4) is 0 Å². The van der Waals surface area contributed by atoms with Crippen molar-refractivity contribution in [2.75, 3.05) is 0 Å². The van der Waals surface area contributed by atoms with Crippen LogP contribution in [-0.2, 0) is 13.5 Å². The van der Waals surface area contributed by atoms with Gasteiger partial charge in [0.2, 0.25) is 0 Å². The summed E-state index contributed by atoms with van der Waals surface area (Å²) in [6.07, 6.45) is 4.38. The lowest BCUT2D eigenvalue weighted by Crippen LogP contribution is -2.00. The third-order valence-corrected chi connectivity index (χ3v) is 3.76. The van der Waals surface area contributed by atoms with E-state index in [1.807, 2.05) is 11.6 Å². The molecule has 0 unspecified atom stereocenters. The molecule has 2 heterocycles. The lowest BCUT2D eigenvalue weighted by molar-refractivity contribution is 0.896. The third kappa shape index (κ3) is 1.94. The van der Waals surface area contributed by atoms with Gasteiger partial charge in [0.25, 0.3) is 0 Å². The number of hydrogen-bond acceptors (Lipinski definition) is 3. The molecule has 0 radical (unpaired) electrons. The molecule has 0 aromatic carbocycles. The largest absolute Gasteiger partial charge is 0.341 e. The molecule has 1 N–H and O–H groups in total. The SMILES string of the molecule is CCc1[nH]c(-c2cncn2C)nc(=S)c1Br. The summed E-state index contributed by atoms with van der Waals surface area (Å²) in [5, 5.41) is 0. The van der Waals surface area contributed by atoms with Gasteiger partial charge in [0.15, 0.2) is 5.82 Å². The zero-order valence-electron chi connectivity index (χ0n) is 8.99. The number of hydrogen-bond donors (Lipinski definition) is 1. The Morgan fingerprint density at radius 3 is 2.88 bits per heavy atom. The van der Waals surface area contributed by atoms with Crippen LogP contribution >= 0.6 is 28.1 Å². The molecule has 2 aromatic rings. The number of rotatable bonds is 2. The third-order valence-electron chi connectivity index (χ3n) is 2.35. The van der Waals surface area contributed by atoms with Crippen molar-refractivity contribution in [2.24, 2.45) is 7.05 Å². The molecule has 0 aliphatic carbocycles. The van der Waals surface area contributed by atoms with E-state index in [1.54, 1.807) is 12.5 Å². The van der Waals surface area contributed by atoms with Crippen molar-refractivity contribution in [2.45, 2.75) is 13.3 Å². The van der Waals surface area contributed by atoms with Gasteiger partial charge in [0, 0.05) is 12.7 Å². The van der Waals surface area contributed by atoms with Crippen molar-refractivity contribution < 1.29 is 0 Å². The number of aryl methyl sites for hydroxylation is 2. The topological polar surface area (TPSA) is 46.5 Å². The Morgan fingerprint density at radius 2 is 2.31 bits per heavy atom. The van der Waals surface area contributed by atoms with E-state index < -0.39 is 0 Å². The molecule has 6 heteroatoms. The van der Waals surface area contributed by atoms with E-state index in [4.69, 9.17) is 12.2 Å². The van der Waals surface area contributed by atoms with Crippen LogP contribution in [0.4, 0.5) is 0 Å². The number of H-pyrrole nitrogens is 1. The van der Waals surface area contributed by atoms with E-state index in [-0.39, 0.29) is 0 Å². The summed E-state index contributed by atoms with van der Waals surface area (Å²) in [7, 11) is 1.93. The molecule has 0 saturated carbocycles.